The zero-order valence-corrected chi connectivity index (χ0v) is 30.4. The summed E-state index contributed by atoms with van der Waals surface area (Å²) < 4.78 is 4.81. The van der Waals surface area contributed by atoms with Gasteiger partial charge in [-0.2, -0.15) is 0 Å². The van der Waals surface area contributed by atoms with E-state index in [-0.39, 0.29) is 0 Å². The van der Waals surface area contributed by atoms with Crippen LogP contribution in [0.3, 0.4) is 0 Å². The van der Waals surface area contributed by atoms with E-state index in [4.69, 9.17) is 9.97 Å². The molecule has 11 rings (SSSR count). The molecule has 0 aliphatic carbocycles. The molecule has 0 amide bonds. The van der Waals surface area contributed by atoms with E-state index < -0.39 is 0 Å². The maximum absolute atomic E-state index is 5.11. The van der Waals surface area contributed by atoms with Crippen molar-refractivity contribution in [3.8, 4) is 56.4 Å². The van der Waals surface area contributed by atoms with Gasteiger partial charge in [0.15, 0.2) is 5.82 Å². The second kappa shape index (κ2) is 13.1. The molecule has 0 unspecified atom stereocenters. The Balaban J connectivity index is 1.08. The Bertz CT molecular complexity index is 3170. The van der Waals surface area contributed by atoms with E-state index >= 15 is 0 Å². The van der Waals surface area contributed by atoms with Gasteiger partial charge >= 0.3 is 0 Å². The van der Waals surface area contributed by atoms with Crippen LogP contribution in [0.25, 0.3) is 100 Å². The second-order valence-corrected chi connectivity index (χ2v) is 14.3. The Morgan fingerprint density at radius 3 is 1.32 bits per heavy atom. The molecule has 0 fully saturated rings. The fourth-order valence-corrected chi connectivity index (χ4v) is 8.32. The lowest BCUT2D eigenvalue weighted by Gasteiger charge is -2.13. The minimum absolute atomic E-state index is 0.698. The summed E-state index contributed by atoms with van der Waals surface area (Å²) in [5, 5.41) is 4.97. The third kappa shape index (κ3) is 5.31. The molecular weight excluding hydrogens is 681 g/mol. The molecule has 262 valence electrons. The molecule has 0 bridgehead atoms. The van der Waals surface area contributed by atoms with Crippen molar-refractivity contribution in [3.63, 3.8) is 0 Å². The molecule has 56 heavy (non-hydrogen) atoms. The molecule has 8 aromatic carbocycles. The van der Waals surface area contributed by atoms with Gasteiger partial charge < -0.3 is 9.13 Å². The first-order chi connectivity index (χ1) is 27.8. The van der Waals surface area contributed by atoms with E-state index in [9.17, 15) is 0 Å². The predicted octanol–water partition coefficient (Wildman–Crippen LogP) is 13.3. The monoisotopic (exact) mass is 714 g/mol. The van der Waals surface area contributed by atoms with Crippen LogP contribution in [0.2, 0.25) is 0 Å². The largest absolute Gasteiger partial charge is 0.309 e. The van der Waals surface area contributed by atoms with Crippen molar-refractivity contribution in [1.29, 1.82) is 0 Å². The predicted molar refractivity (Wildman–Crippen MR) is 232 cm³/mol. The van der Waals surface area contributed by atoms with Gasteiger partial charge in [-0.15, -0.1) is 0 Å². The number of hydrogen-bond donors (Lipinski definition) is 0. The molecule has 0 spiro atoms. The Morgan fingerprint density at radius 1 is 0.268 bits per heavy atom. The number of rotatable bonds is 6. The SMILES string of the molecule is c1ccc(-c2cc(-c3ccccc3)nc(-c3cccc(-c4cccc(-n5c6ccccc6c6cc7c8ccccc8n(-c8ccccc8)c7cc65)c4)c3)n2)cc1. The van der Waals surface area contributed by atoms with Crippen LogP contribution in [0, 0.1) is 0 Å². The summed E-state index contributed by atoms with van der Waals surface area (Å²) in [6.45, 7) is 0. The molecule has 3 aromatic heterocycles. The maximum atomic E-state index is 5.11. The number of benzene rings is 8. The molecule has 3 heterocycles. The van der Waals surface area contributed by atoms with Crippen molar-refractivity contribution in [1.82, 2.24) is 19.1 Å². The normalized spacial score (nSPS) is 11.6. The molecular formula is C52H34N4. The summed E-state index contributed by atoms with van der Waals surface area (Å²) in [6, 6.07) is 73.2. The van der Waals surface area contributed by atoms with Crippen LogP contribution >= 0.6 is 0 Å². The zero-order valence-electron chi connectivity index (χ0n) is 30.4. The van der Waals surface area contributed by atoms with E-state index in [1.54, 1.807) is 0 Å². The lowest BCUT2D eigenvalue weighted by Crippen LogP contribution is -1.97. The molecule has 0 N–H and O–H groups in total. The summed E-state index contributed by atoms with van der Waals surface area (Å²) in [5.41, 5.74) is 14.1. The quantitative estimate of drug-likeness (QED) is 0.172. The van der Waals surface area contributed by atoms with Crippen LogP contribution in [0.1, 0.15) is 0 Å². The van der Waals surface area contributed by atoms with Gasteiger partial charge in [0, 0.05) is 49.6 Å². The minimum Gasteiger partial charge on any atom is -0.309 e. The lowest BCUT2D eigenvalue weighted by molar-refractivity contribution is 1.16. The minimum atomic E-state index is 0.698. The molecule has 0 atom stereocenters. The lowest BCUT2D eigenvalue weighted by atomic mass is 10.0. The van der Waals surface area contributed by atoms with Crippen LogP contribution in [0.5, 0.6) is 0 Å². The molecule has 0 aliphatic rings. The fraction of sp³-hybridized carbons (Fsp3) is 0. The highest BCUT2D eigenvalue weighted by Gasteiger charge is 2.19. The molecule has 0 radical (unpaired) electrons. The third-order valence-corrected chi connectivity index (χ3v) is 10.9. The van der Waals surface area contributed by atoms with E-state index in [0.717, 1.165) is 50.6 Å². The summed E-state index contributed by atoms with van der Waals surface area (Å²) >= 11 is 0. The van der Waals surface area contributed by atoms with Gasteiger partial charge in [-0.1, -0.05) is 146 Å². The van der Waals surface area contributed by atoms with Crippen molar-refractivity contribution in [2.75, 3.05) is 0 Å². The topological polar surface area (TPSA) is 35.6 Å². The van der Waals surface area contributed by atoms with Crippen molar-refractivity contribution in [3.05, 3.63) is 206 Å². The maximum Gasteiger partial charge on any atom is 0.160 e. The van der Waals surface area contributed by atoms with Crippen LogP contribution in [-0.2, 0) is 0 Å². The molecule has 4 heteroatoms. The van der Waals surface area contributed by atoms with Crippen LogP contribution in [-0.4, -0.2) is 19.1 Å². The molecule has 11 aromatic rings. The highest BCUT2D eigenvalue weighted by molar-refractivity contribution is 6.19. The fourth-order valence-electron chi connectivity index (χ4n) is 8.32. The van der Waals surface area contributed by atoms with Gasteiger partial charge in [0.25, 0.3) is 0 Å². The van der Waals surface area contributed by atoms with Gasteiger partial charge in [0.2, 0.25) is 0 Å². The smallest absolute Gasteiger partial charge is 0.160 e. The standard InChI is InChI=1S/C52H34N4/c1-4-16-35(17-5-1)46-33-47(36-18-6-2-7-19-36)54-52(53-46)39-22-14-20-37(30-39)38-21-15-25-41(31-38)56-49-29-13-11-27-43(49)45-32-44-42-26-10-12-28-48(42)55(50(44)34-51(45)56)40-23-8-3-9-24-40/h1-34H. The Morgan fingerprint density at radius 2 is 0.714 bits per heavy atom. The highest BCUT2D eigenvalue weighted by atomic mass is 15.0. The van der Waals surface area contributed by atoms with E-state index in [1.807, 2.05) is 12.1 Å². The second-order valence-electron chi connectivity index (χ2n) is 14.3. The first kappa shape index (κ1) is 31.9. The van der Waals surface area contributed by atoms with Gasteiger partial charge in [0.1, 0.15) is 0 Å². The third-order valence-electron chi connectivity index (χ3n) is 10.9. The molecule has 4 nitrogen and oxygen atoms in total. The highest BCUT2D eigenvalue weighted by Crippen LogP contribution is 2.40. The summed E-state index contributed by atoms with van der Waals surface area (Å²) in [4.78, 5) is 10.2. The summed E-state index contributed by atoms with van der Waals surface area (Å²) in [7, 11) is 0. The number of para-hydroxylation sites is 3. The van der Waals surface area contributed by atoms with Gasteiger partial charge in [-0.3, -0.25) is 0 Å². The molecule has 0 aliphatic heterocycles. The Kier molecular flexibility index (Phi) is 7.46. The van der Waals surface area contributed by atoms with E-state index in [2.05, 4.69) is 203 Å². The van der Waals surface area contributed by atoms with E-state index in [0.29, 0.717) is 5.82 Å². The average Bonchev–Trinajstić information content (AvgIpc) is 3.78. The van der Waals surface area contributed by atoms with Crippen LogP contribution in [0.4, 0.5) is 0 Å². The Hall–Kier alpha value is -7.56. The number of nitrogens with zero attached hydrogens (tertiary/aromatic N) is 4. The van der Waals surface area contributed by atoms with E-state index in [1.165, 1.54) is 43.6 Å². The van der Waals surface area contributed by atoms with Crippen molar-refractivity contribution in [2.45, 2.75) is 0 Å². The molecule has 0 saturated heterocycles. The first-order valence-electron chi connectivity index (χ1n) is 19.0. The van der Waals surface area contributed by atoms with Gasteiger partial charge in [-0.25, -0.2) is 9.97 Å². The van der Waals surface area contributed by atoms with Crippen molar-refractivity contribution >= 4 is 43.6 Å². The first-order valence-corrected chi connectivity index (χ1v) is 19.0. The summed E-state index contributed by atoms with van der Waals surface area (Å²) in [6.07, 6.45) is 0. The van der Waals surface area contributed by atoms with Crippen LogP contribution in [0.15, 0.2) is 206 Å². The average molecular weight is 715 g/mol. The van der Waals surface area contributed by atoms with Gasteiger partial charge in [0.05, 0.1) is 33.5 Å². The number of aromatic nitrogens is 4. The number of fused-ring (bicyclic) bond motifs is 6. The van der Waals surface area contributed by atoms with Crippen molar-refractivity contribution in [2.24, 2.45) is 0 Å². The Labute approximate surface area is 324 Å². The van der Waals surface area contributed by atoms with Crippen LogP contribution < -0.4 is 0 Å². The summed E-state index contributed by atoms with van der Waals surface area (Å²) in [5.74, 6) is 0.698. The van der Waals surface area contributed by atoms with Crippen molar-refractivity contribution < 1.29 is 0 Å². The van der Waals surface area contributed by atoms with Gasteiger partial charge in [-0.05, 0) is 71.8 Å². The number of hydrogen-bond acceptors (Lipinski definition) is 2. The zero-order chi connectivity index (χ0) is 37.0. The molecule has 0 saturated carbocycles.